The van der Waals surface area contributed by atoms with Gasteiger partial charge in [0, 0.05) is 20.1 Å². The van der Waals surface area contributed by atoms with Gasteiger partial charge in [-0.05, 0) is 23.3 Å². The van der Waals surface area contributed by atoms with Crippen molar-refractivity contribution in [3.05, 3.63) is 65.7 Å². The topological polar surface area (TPSA) is 55.6 Å². The van der Waals surface area contributed by atoms with Gasteiger partial charge in [-0.15, -0.1) is 12.4 Å². The molecule has 4 nitrogen and oxygen atoms in total. The van der Waals surface area contributed by atoms with Gasteiger partial charge in [0.05, 0.1) is 13.0 Å². The number of halogens is 1. The van der Waals surface area contributed by atoms with Crippen LogP contribution in [0.5, 0.6) is 5.75 Å². The summed E-state index contributed by atoms with van der Waals surface area (Å²) in [4.78, 5) is 14.3. The maximum Gasteiger partial charge on any atom is 0.231 e. The van der Waals surface area contributed by atoms with Crippen LogP contribution < -0.4 is 10.5 Å². The quantitative estimate of drug-likeness (QED) is 0.883. The zero-order chi connectivity index (χ0) is 15.9. The van der Waals surface area contributed by atoms with Gasteiger partial charge in [0.2, 0.25) is 5.91 Å². The fourth-order valence-corrected chi connectivity index (χ4v) is 2.41. The predicted molar refractivity (Wildman–Crippen MR) is 95.0 cm³/mol. The number of nitrogens with two attached hydrogens (primary N) is 1. The van der Waals surface area contributed by atoms with Crippen molar-refractivity contribution in [2.24, 2.45) is 5.73 Å². The number of amides is 1. The van der Waals surface area contributed by atoms with Crippen LogP contribution in [0.3, 0.4) is 0 Å². The van der Waals surface area contributed by atoms with Crippen LogP contribution >= 0.6 is 12.4 Å². The predicted octanol–water partition coefficient (Wildman–Crippen LogP) is 2.82. The zero-order valence-corrected chi connectivity index (χ0v) is 14.3. The van der Waals surface area contributed by atoms with Gasteiger partial charge in [0.25, 0.3) is 0 Å². The summed E-state index contributed by atoms with van der Waals surface area (Å²) >= 11 is 0. The largest absolute Gasteiger partial charge is 0.497 e. The molecule has 1 unspecified atom stereocenters. The number of nitrogens with zero attached hydrogens (tertiary/aromatic N) is 1. The van der Waals surface area contributed by atoms with Crippen LogP contribution in [0.2, 0.25) is 0 Å². The van der Waals surface area contributed by atoms with Crippen molar-refractivity contribution in [3.63, 3.8) is 0 Å². The average molecular weight is 335 g/mol. The average Bonchev–Trinajstić information content (AvgIpc) is 2.57. The van der Waals surface area contributed by atoms with Crippen LogP contribution in [0.4, 0.5) is 0 Å². The van der Waals surface area contributed by atoms with E-state index in [4.69, 9.17) is 10.5 Å². The van der Waals surface area contributed by atoms with Gasteiger partial charge in [0.1, 0.15) is 5.75 Å². The van der Waals surface area contributed by atoms with Crippen molar-refractivity contribution in [1.29, 1.82) is 0 Å². The van der Waals surface area contributed by atoms with Crippen LogP contribution in [-0.2, 0) is 11.3 Å². The third-order valence-corrected chi connectivity index (χ3v) is 3.69. The lowest BCUT2D eigenvalue weighted by molar-refractivity contribution is -0.131. The molecule has 0 aliphatic heterocycles. The van der Waals surface area contributed by atoms with E-state index in [1.54, 1.807) is 19.1 Å². The first-order chi connectivity index (χ1) is 10.7. The Hall–Kier alpha value is -2.04. The van der Waals surface area contributed by atoms with Crippen molar-refractivity contribution in [2.75, 3.05) is 20.7 Å². The third kappa shape index (κ3) is 4.98. The molecular weight excluding hydrogens is 312 g/mol. The number of rotatable bonds is 6. The second-order valence-electron chi connectivity index (χ2n) is 5.24. The Morgan fingerprint density at radius 3 is 2.26 bits per heavy atom. The van der Waals surface area contributed by atoms with Crippen molar-refractivity contribution in [2.45, 2.75) is 12.5 Å². The number of hydrogen-bond donors (Lipinski definition) is 1. The van der Waals surface area contributed by atoms with Crippen LogP contribution in [0.1, 0.15) is 17.0 Å². The fraction of sp³-hybridized carbons (Fsp3) is 0.278. The van der Waals surface area contributed by atoms with Crippen LogP contribution in [0, 0.1) is 0 Å². The second-order valence-corrected chi connectivity index (χ2v) is 5.24. The summed E-state index contributed by atoms with van der Waals surface area (Å²) in [5, 5.41) is 0. The van der Waals surface area contributed by atoms with Gasteiger partial charge in [0.15, 0.2) is 0 Å². The Bertz CT molecular complexity index is 602. The molecule has 0 saturated carbocycles. The smallest absolute Gasteiger partial charge is 0.231 e. The van der Waals surface area contributed by atoms with Gasteiger partial charge in [-0.2, -0.15) is 0 Å². The molecule has 0 aliphatic rings. The van der Waals surface area contributed by atoms with Gasteiger partial charge in [-0.1, -0.05) is 42.5 Å². The first-order valence-electron chi connectivity index (χ1n) is 7.28. The van der Waals surface area contributed by atoms with E-state index < -0.39 is 0 Å². The summed E-state index contributed by atoms with van der Waals surface area (Å²) in [6.45, 7) is 0.849. The minimum Gasteiger partial charge on any atom is -0.497 e. The highest BCUT2D eigenvalue weighted by Crippen LogP contribution is 2.19. The monoisotopic (exact) mass is 334 g/mol. The third-order valence-electron chi connectivity index (χ3n) is 3.69. The van der Waals surface area contributed by atoms with E-state index in [-0.39, 0.29) is 24.2 Å². The first kappa shape index (κ1) is 19.0. The minimum atomic E-state index is -0.301. The van der Waals surface area contributed by atoms with Gasteiger partial charge >= 0.3 is 0 Å². The molecule has 2 rings (SSSR count). The highest BCUT2D eigenvalue weighted by molar-refractivity contribution is 5.85. The van der Waals surface area contributed by atoms with Crippen molar-refractivity contribution >= 4 is 18.3 Å². The highest BCUT2D eigenvalue weighted by Gasteiger charge is 2.22. The molecule has 5 heteroatoms. The Morgan fingerprint density at radius 1 is 1.13 bits per heavy atom. The van der Waals surface area contributed by atoms with Crippen molar-refractivity contribution in [3.8, 4) is 5.75 Å². The van der Waals surface area contributed by atoms with Crippen LogP contribution in [0.15, 0.2) is 54.6 Å². The SMILES string of the molecule is COc1ccc(CN(C)C(=O)C(CN)c2ccccc2)cc1.Cl. The molecule has 1 amide bonds. The molecule has 0 aliphatic carbocycles. The van der Waals surface area contributed by atoms with Crippen molar-refractivity contribution < 1.29 is 9.53 Å². The standard InChI is InChI=1S/C18H22N2O2.ClH/c1-20(13-14-8-10-16(22-2)11-9-14)18(21)17(12-19)15-6-4-3-5-7-15;/h3-11,17H,12-13,19H2,1-2H3;1H. The summed E-state index contributed by atoms with van der Waals surface area (Å²) in [6.07, 6.45) is 0. The van der Waals surface area contributed by atoms with E-state index in [2.05, 4.69) is 0 Å². The molecule has 2 aromatic rings. The van der Waals surface area contributed by atoms with Crippen molar-refractivity contribution in [1.82, 2.24) is 4.90 Å². The van der Waals surface area contributed by atoms with Crippen LogP contribution in [0.25, 0.3) is 0 Å². The molecule has 0 saturated heterocycles. The fourth-order valence-electron chi connectivity index (χ4n) is 2.41. The van der Waals surface area contributed by atoms with E-state index in [0.717, 1.165) is 16.9 Å². The summed E-state index contributed by atoms with van der Waals surface area (Å²) in [5.41, 5.74) is 7.82. The molecule has 0 spiro atoms. The summed E-state index contributed by atoms with van der Waals surface area (Å²) in [6, 6.07) is 17.4. The van der Waals surface area contributed by atoms with E-state index in [1.807, 2.05) is 54.6 Å². The number of benzene rings is 2. The van der Waals surface area contributed by atoms with E-state index in [9.17, 15) is 4.79 Å². The van der Waals surface area contributed by atoms with E-state index in [1.165, 1.54) is 0 Å². The molecule has 124 valence electrons. The first-order valence-corrected chi connectivity index (χ1v) is 7.28. The molecule has 2 N–H and O–H groups in total. The maximum atomic E-state index is 12.6. The van der Waals surface area contributed by atoms with Crippen LogP contribution in [-0.4, -0.2) is 31.5 Å². The molecule has 0 heterocycles. The summed E-state index contributed by atoms with van der Waals surface area (Å²) < 4.78 is 5.14. The number of carbonyl (C=O) groups is 1. The summed E-state index contributed by atoms with van der Waals surface area (Å²) in [5.74, 6) is 0.538. The maximum absolute atomic E-state index is 12.6. The zero-order valence-electron chi connectivity index (χ0n) is 13.4. The lowest BCUT2D eigenvalue weighted by Gasteiger charge is -2.23. The van der Waals surface area contributed by atoms with Gasteiger partial charge < -0.3 is 15.4 Å². The Morgan fingerprint density at radius 2 is 1.74 bits per heavy atom. The Labute approximate surface area is 143 Å². The Balaban J connectivity index is 0.00000264. The van der Waals surface area contributed by atoms with E-state index in [0.29, 0.717) is 13.1 Å². The molecule has 0 fully saturated rings. The number of methoxy groups -OCH3 is 1. The molecule has 1 atom stereocenters. The second kappa shape index (κ2) is 9.18. The molecular formula is C18H23ClN2O2. The number of ether oxygens (including phenoxy) is 1. The highest BCUT2D eigenvalue weighted by atomic mass is 35.5. The molecule has 0 aromatic heterocycles. The van der Waals surface area contributed by atoms with E-state index >= 15 is 0 Å². The lowest BCUT2D eigenvalue weighted by Crippen LogP contribution is -2.34. The lowest BCUT2D eigenvalue weighted by atomic mass is 9.97. The number of carbonyl (C=O) groups excluding carboxylic acids is 1. The molecule has 0 radical (unpaired) electrons. The molecule has 0 bridgehead atoms. The normalized spacial score (nSPS) is 11.3. The molecule has 2 aromatic carbocycles. The van der Waals surface area contributed by atoms with Gasteiger partial charge in [-0.3, -0.25) is 4.79 Å². The van der Waals surface area contributed by atoms with Gasteiger partial charge in [-0.25, -0.2) is 0 Å². The molecule has 23 heavy (non-hydrogen) atoms. The minimum absolute atomic E-state index is 0. The number of hydrogen-bond acceptors (Lipinski definition) is 3. The Kier molecular flexibility index (Phi) is 7.59. The summed E-state index contributed by atoms with van der Waals surface area (Å²) in [7, 11) is 3.44. The number of likely N-dealkylation sites (N-methyl/N-ethyl adjacent to an activating group) is 1.